The van der Waals surface area contributed by atoms with Crippen molar-refractivity contribution in [2.45, 2.75) is 71.5 Å². The number of hydrogen-bond acceptors (Lipinski definition) is 7. The zero-order valence-corrected chi connectivity index (χ0v) is 24.8. The molecule has 2 rings (SSSR count). The molecule has 0 radical (unpaired) electrons. The summed E-state index contributed by atoms with van der Waals surface area (Å²) in [6, 6.07) is 12.7. The molecule has 0 heterocycles. The average Bonchev–Trinajstić information content (AvgIpc) is 2.91. The van der Waals surface area contributed by atoms with Crippen LogP contribution < -0.4 is 4.74 Å². The van der Waals surface area contributed by atoms with Crippen molar-refractivity contribution in [3.05, 3.63) is 78.1 Å². The van der Waals surface area contributed by atoms with Crippen LogP contribution in [0.4, 0.5) is 4.39 Å². The first-order valence-electron chi connectivity index (χ1n) is 13.8. The van der Waals surface area contributed by atoms with Gasteiger partial charge in [-0.15, -0.1) is 0 Å². The van der Waals surface area contributed by atoms with Gasteiger partial charge in [-0.2, -0.15) is 0 Å². The van der Waals surface area contributed by atoms with Crippen LogP contribution in [0, 0.1) is 11.7 Å². The lowest BCUT2D eigenvalue weighted by Crippen LogP contribution is -2.33. The fraction of sp³-hybridized carbons (Fsp3) is 0.455. The Morgan fingerprint density at radius 1 is 0.829 bits per heavy atom. The number of aliphatic hydroxyl groups is 2. The van der Waals surface area contributed by atoms with E-state index in [9.17, 15) is 24.2 Å². The van der Waals surface area contributed by atoms with Crippen LogP contribution in [-0.2, 0) is 25.5 Å². The van der Waals surface area contributed by atoms with Crippen molar-refractivity contribution >= 4 is 11.9 Å². The molecular weight excluding hydrogens is 527 g/mol. The van der Waals surface area contributed by atoms with E-state index in [2.05, 4.69) is 32.2 Å². The van der Waals surface area contributed by atoms with Gasteiger partial charge < -0.3 is 24.4 Å². The number of halogens is 1. The van der Waals surface area contributed by atoms with Gasteiger partial charge in [-0.1, -0.05) is 63.3 Å². The SMILES string of the molecule is C=C(C(=O)OCC(COC(=O)C(=C)C(C)(C)O)COc1ccc(-c2ccc(CCCCC)cc2)cc1F)C(C)(C)O. The van der Waals surface area contributed by atoms with Crippen LogP contribution in [0.2, 0.25) is 0 Å². The Bertz CT molecular complexity index is 1160. The lowest BCUT2D eigenvalue weighted by Gasteiger charge is -2.23. The van der Waals surface area contributed by atoms with E-state index < -0.39 is 34.9 Å². The van der Waals surface area contributed by atoms with Crippen LogP contribution in [0.1, 0.15) is 59.4 Å². The fourth-order valence-electron chi connectivity index (χ4n) is 3.65. The zero-order valence-electron chi connectivity index (χ0n) is 24.8. The monoisotopic (exact) mass is 570 g/mol. The van der Waals surface area contributed by atoms with Crippen LogP contribution >= 0.6 is 0 Å². The van der Waals surface area contributed by atoms with Crippen LogP contribution in [0.5, 0.6) is 5.75 Å². The quantitative estimate of drug-likeness (QED) is 0.146. The van der Waals surface area contributed by atoms with Crippen molar-refractivity contribution in [1.29, 1.82) is 0 Å². The maximum atomic E-state index is 15.0. The van der Waals surface area contributed by atoms with Crippen LogP contribution in [0.25, 0.3) is 11.1 Å². The molecule has 0 unspecified atom stereocenters. The van der Waals surface area contributed by atoms with Crippen molar-refractivity contribution in [2.24, 2.45) is 5.92 Å². The minimum absolute atomic E-state index is 0.0191. The number of ether oxygens (including phenoxy) is 3. The highest BCUT2D eigenvalue weighted by Crippen LogP contribution is 2.27. The Morgan fingerprint density at radius 3 is 1.80 bits per heavy atom. The molecule has 2 aromatic rings. The molecule has 0 atom stereocenters. The van der Waals surface area contributed by atoms with Gasteiger partial charge in [-0.05, 0) is 69.4 Å². The Kier molecular flexibility index (Phi) is 12.3. The van der Waals surface area contributed by atoms with Gasteiger partial charge in [0.15, 0.2) is 11.6 Å². The minimum atomic E-state index is -1.49. The zero-order chi connectivity index (χ0) is 30.8. The summed E-state index contributed by atoms with van der Waals surface area (Å²) in [4.78, 5) is 24.6. The van der Waals surface area contributed by atoms with E-state index >= 15 is 0 Å². The maximum Gasteiger partial charge on any atom is 0.336 e. The van der Waals surface area contributed by atoms with Gasteiger partial charge in [-0.25, -0.2) is 14.0 Å². The number of benzene rings is 2. The average molecular weight is 571 g/mol. The molecule has 0 aliphatic rings. The summed E-state index contributed by atoms with van der Waals surface area (Å²) in [6.07, 6.45) is 4.50. The highest BCUT2D eigenvalue weighted by molar-refractivity contribution is 5.90. The topological polar surface area (TPSA) is 102 Å². The standard InChI is InChI=1S/C33H43FO7/c1-8-9-10-11-24-12-14-26(15-13-24)27-16-17-29(28(34)18-27)39-19-25(20-40-30(35)22(2)32(4,5)37)21-41-31(36)23(3)33(6,7)38/h12-18,25,37-38H,2-3,8-11,19-21H2,1,4-7H3. The highest BCUT2D eigenvalue weighted by atomic mass is 19.1. The number of esters is 2. The molecule has 2 aromatic carbocycles. The molecular formula is C33H43FO7. The van der Waals surface area contributed by atoms with Gasteiger partial charge in [0.25, 0.3) is 0 Å². The molecule has 0 bridgehead atoms. The third-order valence-corrected chi connectivity index (χ3v) is 6.63. The summed E-state index contributed by atoms with van der Waals surface area (Å²) in [5.74, 6) is -2.96. The minimum Gasteiger partial charge on any atom is -0.490 e. The highest BCUT2D eigenvalue weighted by Gasteiger charge is 2.28. The second kappa shape index (κ2) is 14.9. The normalized spacial score (nSPS) is 11.7. The Hall–Kier alpha value is -3.49. The van der Waals surface area contributed by atoms with Crippen molar-refractivity contribution in [3.63, 3.8) is 0 Å². The molecule has 8 heteroatoms. The smallest absolute Gasteiger partial charge is 0.336 e. The van der Waals surface area contributed by atoms with E-state index in [4.69, 9.17) is 14.2 Å². The first-order chi connectivity index (χ1) is 19.1. The van der Waals surface area contributed by atoms with Gasteiger partial charge in [0.05, 0.1) is 34.9 Å². The molecule has 0 aromatic heterocycles. The van der Waals surface area contributed by atoms with E-state index in [0.29, 0.717) is 5.56 Å². The predicted octanol–water partition coefficient (Wildman–Crippen LogP) is 5.96. The van der Waals surface area contributed by atoms with Gasteiger partial charge >= 0.3 is 11.9 Å². The van der Waals surface area contributed by atoms with Gasteiger partial charge in [-0.3, -0.25) is 0 Å². The Labute approximate surface area is 242 Å². The molecule has 7 nitrogen and oxygen atoms in total. The lowest BCUT2D eigenvalue weighted by atomic mass is 10.0. The molecule has 0 saturated heterocycles. The maximum absolute atomic E-state index is 15.0. The van der Waals surface area contributed by atoms with E-state index in [1.165, 1.54) is 58.2 Å². The lowest BCUT2D eigenvalue weighted by molar-refractivity contribution is -0.146. The summed E-state index contributed by atoms with van der Waals surface area (Å²) in [7, 11) is 0. The Balaban J connectivity index is 2.09. The molecule has 0 amide bonds. The first kappa shape index (κ1) is 33.7. The number of carbonyl (C=O) groups excluding carboxylic acids is 2. The number of rotatable bonds is 16. The third kappa shape index (κ3) is 10.8. The summed E-state index contributed by atoms with van der Waals surface area (Å²) in [5, 5.41) is 20.0. The molecule has 0 aliphatic carbocycles. The second-order valence-corrected chi connectivity index (χ2v) is 11.2. The number of unbranched alkanes of at least 4 members (excludes halogenated alkanes) is 2. The first-order valence-corrected chi connectivity index (χ1v) is 13.8. The van der Waals surface area contributed by atoms with Crippen molar-refractivity contribution in [3.8, 4) is 16.9 Å². The molecule has 0 saturated carbocycles. The number of carbonyl (C=O) groups is 2. The second-order valence-electron chi connectivity index (χ2n) is 11.2. The summed E-state index contributed by atoms with van der Waals surface area (Å²) < 4.78 is 31.2. The van der Waals surface area contributed by atoms with Gasteiger partial charge in [0.2, 0.25) is 0 Å². The molecule has 0 aliphatic heterocycles. The molecule has 0 spiro atoms. The van der Waals surface area contributed by atoms with Crippen LogP contribution in [0.3, 0.4) is 0 Å². The largest absolute Gasteiger partial charge is 0.490 e. The van der Waals surface area contributed by atoms with E-state index in [-0.39, 0.29) is 36.7 Å². The fourth-order valence-corrected chi connectivity index (χ4v) is 3.65. The van der Waals surface area contributed by atoms with Crippen molar-refractivity contribution < 1.29 is 38.4 Å². The van der Waals surface area contributed by atoms with E-state index in [0.717, 1.165) is 18.4 Å². The van der Waals surface area contributed by atoms with Gasteiger partial charge in [0, 0.05) is 0 Å². The molecule has 41 heavy (non-hydrogen) atoms. The number of aryl methyl sites for hydroxylation is 1. The molecule has 0 fully saturated rings. The summed E-state index contributed by atoms with van der Waals surface area (Å²) >= 11 is 0. The van der Waals surface area contributed by atoms with Crippen LogP contribution in [-0.4, -0.2) is 53.2 Å². The summed E-state index contributed by atoms with van der Waals surface area (Å²) in [5.41, 5.74) is -0.455. The van der Waals surface area contributed by atoms with E-state index in [1.54, 1.807) is 6.07 Å². The van der Waals surface area contributed by atoms with Gasteiger partial charge in [0.1, 0.15) is 13.2 Å². The number of hydrogen-bond donors (Lipinski definition) is 2. The van der Waals surface area contributed by atoms with E-state index in [1.807, 2.05) is 12.1 Å². The molecule has 224 valence electrons. The predicted molar refractivity (Wildman–Crippen MR) is 157 cm³/mol. The Morgan fingerprint density at radius 2 is 1.34 bits per heavy atom. The van der Waals surface area contributed by atoms with Crippen molar-refractivity contribution in [2.75, 3.05) is 19.8 Å². The molecule has 2 N–H and O–H groups in total. The third-order valence-electron chi connectivity index (χ3n) is 6.63. The van der Waals surface area contributed by atoms with Crippen molar-refractivity contribution in [1.82, 2.24) is 0 Å². The summed E-state index contributed by atoms with van der Waals surface area (Å²) in [6.45, 7) is 14.2. The van der Waals surface area contributed by atoms with Crippen LogP contribution in [0.15, 0.2) is 66.8 Å².